The number of sulfonamides is 1. The van der Waals surface area contributed by atoms with E-state index in [4.69, 9.17) is 5.11 Å². The van der Waals surface area contributed by atoms with Crippen LogP contribution in [0.3, 0.4) is 0 Å². The second kappa shape index (κ2) is 6.61. The molecule has 0 saturated carbocycles. The maximum atomic E-state index is 12.2. The first-order valence-corrected chi connectivity index (χ1v) is 8.22. The highest BCUT2D eigenvalue weighted by Gasteiger charge is 2.14. The first-order valence-electron chi connectivity index (χ1n) is 5.85. The lowest BCUT2D eigenvalue weighted by atomic mass is 10.2. The fraction of sp³-hybridized carbons (Fsp3) is 0.0769. The Morgan fingerprint density at radius 1 is 1.43 bits per heavy atom. The summed E-state index contributed by atoms with van der Waals surface area (Å²) in [6, 6.07) is 6.05. The second-order valence-electron chi connectivity index (χ2n) is 4.04. The minimum atomic E-state index is -3.65. The summed E-state index contributed by atoms with van der Waals surface area (Å²) >= 11 is 1.36. The normalized spacial score (nSPS) is 11.8. The molecule has 2 N–H and O–H groups in total. The van der Waals surface area contributed by atoms with Crippen molar-refractivity contribution in [2.45, 2.75) is 11.4 Å². The summed E-state index contributed by atoms with van der Waals surface area (Å²) in [6.07, 6.45) is 3.89. The number of hydrogen-bond donors (Lipinski definition) is 2. The number of rotatable bonds is 6. The Kier molecular flexibility index (Phi) is 4.84. The van der Waals surface area contributed by atoms with Crippen molar-refractivity contribution in [2.75, 3.05) is 0 Å². The van der Waals surface area contributed by atoms with E-state index < -0.39 is 16.0 Å². The molecule has 21 heavy (non-hydrogen) atoms. The van der Waals surface area contributed by atoms with Crippen LogP contribution in [0.4, 0.5) is 0 Å². The predicted molar refractivity (Wildman–Crippen MR) is 79.3 cm³/mol. The Morgan fingerprint density at radius 2 is 2.24 bits per heavy atom. The molecule has 6 nitrogen and oxygen atoms in total. The molecule has 0 bridgehead atoms. The van der Waals surface area contributed by atoms with Gasteiger partial charge in [-0.1, -0.05) is 12.1 Å². The molecule has 0 aliphatic rings. The Hall–Kier alpha value is -2.03. The third-order valence-electron chi connectivity index (χ3n) is 2.51. The molecule has 2 aromatic rings. The number of carbonyl (C=O) groups is 1. The van der Waals surface area contributed by atoms with E-state index in [-0.39, 0.29) is 11.4 Å². The summed E-state index contributed by atoms with van der Waals surface area (Å²) in [5.74, 6) is -1.09. The molecule has 0 fully saturated rings. The van der Waals surface area contributed by atoms with Gasteiger partial charge in [0, 0.05) is 23.7 Å². The zero-order valence-corrected chi connectivity index (χ0v) is 12.4. The molecule has 110 valence electrons. The van der Waals surface area contributed by atoms with Gasteiger partial charge in [0.1, 0.15) is 0 Å². The van der Waals surface area contributed by atoms with E-state index in [1.54, 1.807) is 23.8 Å². The monoisotopic (exact) mass is 324 g/mol. The highest BCUT2D eigenvalue weighted by molar-refractivity contribution is 7.89. The van der Waals surface area contributed by atoms with Crippen molar-refractivity contribution in [2.24, 2.45) is 0 Å². The average Bonchev–Trinajstić information content (AvgIpc) is 2.97. The van der Waals surface area contributed by atoms with Gasteiger partial charge in [-0.3, -0.25) is 4.98 Å². The summed E-state index contributed by atoms with van der Waals surface area (Å²) in [7, 11) is -3.65. The standard InChI is InChI=1S/C13H12N2O4S2/c16-13(17)5-4-10-2-1-3-12(6-10)21(18,19)15-8-11-7-14-9-20-11/h1-7,9,15H,8H2,(H,16,17)/b5-4+. The van der Waals surface area contributed by atoms with Gasteiger partial charge < -0.3 is 5.11 Å². The molecule has 0 aliphatic carbocycles. The van der Waals surface area contributed by atoms with Gasteiger partial charge >= 0.3 is 5.97 Å². The molecule has 2 rings (SSSR count). The molecule has 0 amide bonds. The molecule has 0 spiro atoms. The van der Waals surface area contributed by atoms with Crippen LogP contribution in [0.1, 0.15) is 10.4 Å². The summed E-state index contributed by atoms with van der Waals surface area (Å²) in [5.41, 5.74) is 2.12. The number of hydrogen-bond acceptors (Lipinski definition) is 5. The van der Waals surface area contributed by atoms with E-state index in [1.807, 2.05) is 0 Å². The molecular formula is C13H12N2O4S2. The zero-order valence-electron chi connectivity index (χ0n) is 10.8. The quantitative estimate of drug-likeness (QED) is 0.789. The number of nitrogens with zero attached hydrogens (tertiary/aromatic N) is 1. The van der Waals surface area contributed by atoms with Gasteiger partial charge in [-0.05, 0) is 23.8 Å². The van der Waals surface area contributed by atoms with Crippen molar-refractivity contribution in [1.29, 1.82) is 0 Å². The minimum Gasteiger partial charge on any atom is -0.478 e. The van der Waals surface area contributed by atoms with Crippen molar-refractivity contribution in [1.82, 2.24) is 9.71 Å². The first-order chi connectivity index (χ1) is 9.97. The van der Waals surface area contributed by atoms with Gasteiger partial charge in [0.15, 0.2) is 0 Å². The number of thiazole rings is 1. The van der Waals surface area contributed by atoms with Crippen molar-refractivity contribution < 1.29 is 18.3 Å². The maximum Gasteiger partial charge on any atom is 0.328 e. The fourth-order valence-electron chi connectivity index (χ4n) is 1.53. The van der Waals surface area contributed by atoms with Gasteiger partial charge in [-0.2, -0.15) is 0 Å². The molecule has 1 aromatic heterocycles. The molecular weight excluding hydrogens is 312 g/mol. The molecule has 0 radical (unpaired) electrons. The largest absolute Gasteiger partial charge is 0.478 e. The number of carboxylic acids is 1. The Bertz CT molecular complexity index is 752. The van der Waals surface area contributed by atoms with E-state index in [2.05, 4.69) is 9.71 Å². The van der Waals surface area contributed by atoms with Crippen LogP contribution in [0.25, 0.3) is 6.08 Å². The van der Waals surface area contributed by atoms with Crippen LogP contribution >= 0.6 is 11.3 Å². The lowest BCUT2D eigenvalue weighted by Crippen LogP contribution is -2.22. The highest BCUT2D eigenvalue weighted by Crippen LogP contribution is 2.14. The zero-order chi connectivity index (χ0) is 15.3. The Balaban J connectivity index is 2.16. The lowest BCUT2D eigenvalue weighted by molar-refractivity contribution is -0.131. The number of aromatic nitrogens is 1. The van der Waals surface area contributed by atoms with Gasteiger partial charge in [-0.25, -0.2) is 17.9 Å². The van der Waals surface area contributed by atoms with Gasteiger partial charge in [0.2, 0.25) is 10.0 Å². The summed E-state index contributed by atoms with van der Waals surface area (Å²) in [4.78, 5) is 15.2. The molecule has 0 unspecified atom stereocenters. The van der Waals surface area contributed by atoms with E-state index in [1.165, 1.54) is 29.5 Å². The van der Waals surface area contributed by atoms with Crippen molar-refractivity contribution in [3.8, 4) is 0 Å². The van der Waals surface area contributed by atoms with Crippen LogP contribution in [0.2, 0.25) is 0 Å². The molecule has 0 atom stereocenters. The molecule has 8 heteroatoms. The lowest BCUT2D eigenvalue weighted by Gasteiger charge is -2.06. The molecule has 0 saturated heterocycles. The smallest absolute Gasteiger partial charge is 0.328 e. The van der Waals surface area contributed by atoms with Crippen molar-refractivity contribution in [3.05, 3.63) is 52.5 Å². The summed E-state index contributed by atoms with van der Waals surface area (Å²) in [5, 5.41) is 8.57. The first kappa shape index (κ1) is 15.4. The van der Waals surface area contributed by atoms with Gasteiger partial charge in [-0.15, -0.1) is 11.3 Å². The third-order valence-corrected chi connectivity index (χ3v) is 4.69. The van der Waals surface area contributed by atoms with Crippen molar-refractivity contribution in [3.63, 3.8) is 0 Å². The summed E-state index contributed by atoms with van der Waals surface area (Å²) < 4.78 is 26.8. The molecule has 1 heterocycles. The maximum absolute atomic E-state index is 12.2. The topological polar surface area (TPSA) is 96.4 Å². The third kappa shape index (κ3) is 4.48. The predicted octanol–water partition coefficient (Wildman–Crippen LogP) is 1.72. The van der Waals surface area contributed by atoms with E-state index in [9.17, 15) is 13.2 Å². The van der Waals surface area contributed by atoms with Gasteiger partial charge in [0.25, 0.3) is 0 Å². The van der Waals surface area contributed by atoms with Gasteiger partial charge in [0.05, 0.1) is 10.4 Å². The van der Waals surface area contributed by atoms with Crippen LogP contribution in [0, 0.1) is 0 Å². The number of aliphatic carboxylic acids is 1. The van der Waals surface area contributed by atoms with Crippen LogP contribution < -0.4 is 4.72 Å². The summed E-state index contributed by atoms with van der Waals surface area (Å²) in [6.45, 7) is 0.169. The van der Waals surface area contributed by atoms with Crippen LogP contribution in [-0.2, 0) is 21.4 Å². The average molecular weight is 324 g/mol. The molecule has 1 aromatic carbocycles. The van der Waals surface area contributed by atoms with Crippen LogP contribution in [0.15, 0.2) is 46.9 Å². The van der Waals surface area contributed by atoms with Crippen LogP contribution in [0.5, 0.6) is 0 Å². The highest BCUT2D eigenvalue weighted by atomic mass is 32.2. The number of benzene rings is 1. The van der Waals surface area contributed by atoms with E-state index in [0.29, 0.717) is 5.56 Å². The SMILES string of the molecule is O=C(O)/C=C/c1cccc(S(=O)(=O)NCc2cncs2)c1. The number of carboxylic acid groups (broad SMARTS) is 1. The van der Waals surface area contributed by atoms with Crippen LogP contribution in [-0.4, -0.2) is 24.5 Å². The fourth-order valence-corrected chi connectivity index (χ4v) is 3.22. The van der Waals surface area contributed by atoms with E-state index in [0.717, 1.165) is 11.0 Å². The van der Waals surface area contributed by atoms with E-state index >= 15 is 0 Å². The Morgan fingerprint density at radius 3 is 2.90 bits per heavy atom. The van der Waals surface area contributed by atoms with Crippen molar-refractivity contribution >= 4 is 33.4 Å². The number of nitrogens with one attached hydrogen (secondary N) is 1. The molecule has 0 aliphatic heterocycles. The second-order valence-corrected chi connectivity index (χ2v) is 6.77. The Labute approximate surface area is 125 Å². The minimum absolute atomic E-state index is 0.0829.